The number of nitrogens with zero attached hydrogens (tertiary/aromatic N) is 2. The van der Waals surface area contributed by atoms with Gasteiger partial charge in [-0.25, -0.2) is 4.79 Å². The zero-order valence-corrected chi connectivity index (χ0v) is 15.7. The van der Waals surface area contributed by atoms with Crippen molar-refractivity contribution in [1.29, 1.82) is 0 Å². The number of benzene rings is 2. The monoisotopic (exact) mass is 367 g/mol. The van der Waals surface area contributed by atoms with Gasteiger partial charge in [-0.05, 0) is 35.2 Å². The molecule has 1 heterocycles. The van der Waals surface area contributed by atoms with Crippen molar-refractivity contribution in [1.82, 2.24) is 15.1 Å². The molecule has 0 saturated carbocycles. The number of carbonyl (C=O) groups is 2. The molecule has 2 aromatic rings. The molecule has 0 bridgehead atoms. The van der Waals surface area contributed by atoms with E-state index >= 15 is 0 Å². The van der Waals surface area contributed by atoms with E-state index in [2.05, 4.69) is 5.32 Å². The summed E-state index contributed by atoms with van der Waals surface area (Å²) in [5.41, 5.74) is 3.01. The summed E-state index contributed by atoms with van der Waals surface area (Å²) in [7, 11) is 3.42. The number of aromatic hydroxyl groups is 1. The van der Waals surface area contributed by atoms with E-state index in [1.54, 1.807) is 31.1 Å². The van der Waals surface area contributed by atoms with Crippen LogP contribution in [-0.4, -0.2) is 47.5 Å². The van der Waals surface area contributed by atoms with Gasteiger partial charge in [-0.15, -0.1) is 0 Å². The molecule has 0 saturated heterocycles. The lowest BCUT2D eigenvalue weighted by Gasteiger charge is -2.31. The quantitative estimate of drug-likeness (QED) is 0.873. The molecule has 2 aromatic carbocycles. The summed E-state index contributed by atoms with van der Waals surface area (Å²) in [4.78, 5) is 28.3. The van der Waals surface area contributed by atoms with Crippen LogP contribution in [0.15, 0.2) is 48.5 Å². The van der Waals surface area contributed by atoms with Crippen LogP contribution in [0.1, 0.15) is 29.2 Å². The highest BCUT2D eigenvalue weighted by Crippen LogP contribution is 2.24. The van der Waals surface area contributed by atoms with Gasteiger partial charge >= 0.3 is 6.03 Å². The zero-order valence-electron chi connectivity index (χ0n) is 15.7. The molecule has 3 amide bonds. The molecule has 1 aliphatic rings. The molecule has 0 spiro atoms. The van der Waals surface area contributed by atoms with Crippen LogP contribution in [0.3, 0.4) is 0 Å². The first-order valence-electron chi connectivity index (χ1n) is 9.05. The number of hydrogen-bond acceptors (Lipinski definition) is 3. The van der Waals surface area contributed by atoms with Crippen molar-refractivity contribution in [3.63, 3.8) is 0 Å². The van der Waals surface area contributed by atoms with E-state index in [4.69, 9.17) is 0 Å². The Balaban J connectivity index is 1.73. The number of urea groups is 1. The van der Waals surface area contributed by atoms with E-state index in [0.717, 1.165) is 23.1 Å². The minimum atomic E-state index is -0.390. The lowest BCUT2D eigenvalue weighted by molar-refractivity contribution is -0.129. The van der Waals surface area contributed by atoms with Crippen LogP contribution in [0.5, 0.6) is 5.75 Å². The molecule has 142 valence electrons. The van der Waals surface area contributed by atoms with E-state index in [9.17, 15) is 14.7 Å². The molecular weight excluding hydrogens is 342 g/mol. The Morgan fingerprint density at radius 1 is 1.15 bits per heavy atom. The van der Waals surface area contributed by atoms with Crippen molar-refractivity contribution in [3.05, 3.63) is 65.2 Å². The molecule has 1 atom stereocenters. The van der Waals surface area contributed by atoms with Crippen molar-refractivity contribution < 1.29 is 14.7 Å². The molecule has 1 aliphatic heterocycles. The number of nitrogens with one attached hydrogen (secondary N) is 1. The van der Waals surface area contributed by atoms with E-state index < -0.39 is 0 Å². The van der Waals surface area contributed by atoms with Gasteiger partial charge in [-0.3, -0.25) is 4.79 Å². The molecule has 0 aromatic heterocycles. The summed E-state index contributed by atoms with van der Waals surface area (Å²) in [5.74, 6) is 0.160. The summed E-state index contributed by atoms with van der Waals surface area (Å²) in [6.07, 6.45) is 0.948. The third kappa shape index (κ3) is 4.58. The largest absolute Gasteiger partial charge is 0.508 e. The number of carbonyl (C=O) groups excluding carboxylic acids is 2. The molecule has 0 fully saturated rings. The fourth-order valence-electron chi connectivity index (χ4n) is 3.25. The number of fused-ring (bicyclic) bond motifs is 1. The Hall–Kier alpha value is -3.02. The van der Waals surface area contributed by atoms with Gasteiger partial charge in [0.25, 0.3) is 0 Å². The molecule has 3 rings (SSSR count). The third-order valence-corrected chi connectivity index (χ3v) is 4.87. The molecule has 27 heavy (non-hydrogen) atoms. The first-order chi connectivity index (χ1) is 12.9. The minimum absolute atomic E-state index is 0.0435. The molecule has 0 radical (unpaired) electrons. The number of phenols is 1. The predicted molar refractivity (Wildman–Crippen MR) is 103 cm³/mol. The Morgan fingerprint density at radius 2 is 1.89 bits per heavy atom. The van der Waals surface area contributed by atoms with Gasteiger partial charge in [0.15, 0.2) is 0 Å². The maximum Gasteiger partial charge on any atom is 0.318 e. The van der Waals surface area contributed by atoms with Crippen molar-refractivity contribution in [2.24, 2.45) is 0 Å². The Bertz CT molecular complexity index is 821. The average Bonchev–Trinajstić information content (AvgIpc) is 2.67. The van der Waals surface area contributed by atoms with Crippen molar-refractivity contribution in [2.75, 3.05) is 20.6 Å². The van der Waals surface area contributed by atoms with Crippen LogP contribution in [0.25, 0.3) is 0 Å². The average molecular weight is 367 g/mol. The maximum atomic E-state index is 12.9. The minimum Gasteiger partial charge on any atom is -0.508 e. The van der Waals surface area contributed by atoms with Crippen LogP contribution in [-0.2, 0) is 17.8 Å². The van der Waals surface area contributed by atoms with E-state index in [1.807, 2.05) is 36.4 Å². The second kappa shape index (κ2) is 8.12. The van der Waals surface area contributed by atoms with E-state index in [-0.39, 0.29) is 30.2 Å². The van der Waals surface area contributed by atoms with Gasteiger partial charge in [-0.1, -0.05) is 36.4 Å². The molecule has 0 aliphatic carbocycles. The standard InChI is InChI=1S/C21H25N3O3/c1-23(2)20(26)13-19(16-6-4-3-5-7-16)22-21(27)24-11-10-15-8-9-18(25)12-17(15)14-24/h3-9,12,19,25H,10-11,13-14H2,1-2H3,(H,22,27)/t19-/m0/s1. The molecule has 0 unspecified atom stereocenters. The highest BCUT2D eigenvalue weighted by molar-refractivity contribution is 5.79. The predicted octanol–water partition coefficient (Wildman–Crippen LogP) is 2.68. The Morgan fingerprint density at radius 3 is 2.59 bits per heavy atom. The molecule has 2 N–H and O–H groups in total. The van der Waals surface area contributed by atoms with Crippen LogP contribution >= 0.6 is 0 Å². The molecule has 6 nitrogen and oxygen atoms in total. The van der Waals surface area contributed by atoms with E-state index in [0.29, 0.717) is 13.1 Å². The van der Waals surface area contributed by atoms with Crippen molar-refractivity contribution in [2.45, 2.75) is 25.4 Å². The zero-order chi connectivity index (χ0) is 19.4. The lowest BCUT2D eigenvalue weighted by Crippen LogP contribution is -2.44. The number of phenolic OH excluding ortho intramolecular Hbond substituents is 1. The summed E-state index contributed by atoms with van der Waals surface area (Å²) in [6, 6.07) is 14.2. The SMILES string of the molecule is CN(C)C(=O)C[C@H](NC(=O)N1CCc2ccc(O)cc2C1)c1ccccc1. The highest BCUT2D eigenvalue weighted by Gasteiger charge is 2.25. The first-order valence-corrected chi connectivity index (χ1v) is 9.05. The molecule has 6 heteroatoms. The molecular formula is C21H25N3O3. The van der Waals surface area contributed by atoms with Gasteiger partial charge in [-0.2, -0.15) is 0 Å². The van der Waals surface area contributed by atoms with Gasteiger partial charge in [0.05, 0.1) is 12.5 Å². The lowest BCUT2D eigenvalue weighted by atomic mass is 9.99. The van der Waals surface area contributed by atoms with Crippen molar-refractivity contribution in [3.8, 4) is 5.75 Å². The Kier molecular flexibility index (Phi) is 5.64. The smallest absolute Gasteiger partial charge is 0.318 e. The Labute approximate surface area is 159 Å². The van der Waals surface area contributed by atoms with Crippen LogP contribution < -0.4 is 5.32 Å². The first kappa shape index (κ1) is 18.8. The maximum absolute atomic E-state index is 12.9. The number of rotatable bonds is 4. The van der Waals surface area contributed by atoms with Gasteiger partial charge in [0.2, 0.25) is 5.91 Å². The second-order valence-electron chi connectivity index (χ2n) is 7.03. The summed E-state index contributed by atoms with van der Waals surface area (Å²) < 4.78 is 0. The fourth-order valence-corrected chi connectivity index (χ4v) is 3.25. The second-order valence-corrected chi connectivity index (χ2v) is 7.03. The number of hydrogen-bond donors (Lipinski definition) is 2. The summed E-state index contributed by atoms with van der Waals surface area (Å²) in [5, 5.41) is 12.7. The summed E-state index contributed by atoms with van der Waals surface area (Å²) in [6.45, 7) is 1.05. The highest BCUT2D eigenvalue weighted by atomic mass is 16.3. The van der Waals surface area contributed by atoms with Gasteiger partial charge in [0.1, 0.15) is 5.75 Å². The van der Waals surface area contributed by atoms with Crippen LogP contribution in [0.4, 0.5) is 4.79 Å². The van der Waals surface area contributed by atoms with Crippen LogP contribution in [0.2, 0.25) is 0 Å². The van der Waals surface area contributed by atoms with Crippen LogP contribution in [0, 0.1) is 0 Å². The number of amides is 3. The normalized spacial score (nSPS) is 14.2. The fraction of sp³-hybridized carbons (Fsp3) is 0.333. The van der Waals surface area contributed by atoms with Gasteiger partial charge in [0, 0.05) is 27.2 Å². The van der Waals surface area contributed by atoms with Gasteiger partial charge < -0.3 is 20.2 Å². The van der Waals surface area contributed by atoms with E-state index in [1.165, 1.54) is 4.90 Å². The van der Waals surface area contributed by atoms with Crippen molar-refractivity contribution >= 4 is 11.9 Å². The topological polar surface area (TPSA) is 72.9 Å². The summed E-state index contributed by atoms with van der Waals surface area (Å²) >= 11 is 0. The third-order valence-electron chi connectivity index (χ3n) is 4.87.